The molecule has 94 valence electrons. The molecule has 3 rings (SSSR count). The number of rotatable bonds is 1. The fraction of sp³-hybridized carbons (Fsp3) is 0.385. The standard InChI is InChI=1S/C13H14N2O3/c16-12-8-15(13(17)11-6-3-7-18-11)10-5-2-1-4-9(10)14-12/h1-2,4-5,11H,3,6-8H2,(H,14,16). The molecule has 0 aromatic heterocycles. The van der Waals surface area contributed by atoms with Crippen LogP contribution in [0.15, 0.2) is 24.3 Å². The zero-order valence-corrected chi connectivity index (χ0v) is 9.89. The van der Waals surface area contributed by atoms with Crippen molar-refractivity contribution in [2.45, 2.75) is 18.9 Å². The van der Waals surface area contributed by atoms with E-state index in [4.69, 9.17) is 4.74 Å². The van der Waals surface area contributed by atoms with E-state index in [0.717, 1.165) is 18.5 Å². The molecule has 2 heterocycles. The maximum atomic E-state index is 12.3. The van der Waals surface area contributed by atoms with E-state index in [1.807, 2.05) is 18.2 Å². The molecule has 0 spiro atoms. The summed E-state index contributed by atoms with van der Waals surface area (Å²) < 4.78 is 5.40. The Labute approximate surface area is 105 Å². The van der Waals surface area contributed by atoms with Crippen molar-refractivity contribution in [3.05, 3.63) is 24.3 Å². The average Bonchev–Trinajstić information content (AvgIpc) is 2.90. The van der Waals surface area contributed by atoms with E-state index >= 15 is 0 Å². The highest BCUT2D eigenvalue weighted by atomic mass is 16.5. The fourth-order valence-electron chi connectivity index (χ4n) is 2.38. The second-order valence-electron chi connectivity index (χ2n) is 4.49. The first kappa shape index (κ1) is 11.2. The Morgan fingerprint density at radius 1 is 1.39 bits per heavy atom. The van der Waals surface area contributed by atoms with E-state index in [2.05, 4.69) is 5.32 Å². The van der Waals surface area contributed by atoms with Crippen molar-refractivity contribution in [1.82, 2.24) is 0 Å². The van der Waals surface area contributed by atoms with E-state index in [9.17, 15) is 9.59 Å². The van der Waals surface area contributed by atoms with Gasteiger partial charge in [0.25, 0.3) is 5.91 Å². The molecule has 1 atom stereocenters. The summed E-state index contributed by atoms with van der Waals surface area (Å²) in [6.45, 7) is 0.688. The van der Waals surface area contributed by atoms with E-state index in [0.29, 0.717) is 12.3 Å². The number of hydrogen-bond acceptors (Lipinski definition) is 3. The summed E-state index contributed by atoms with van der Waals surface area (Å²) in [5.74, 6) is -0.283. The van der Waals surface area contributed by atoms with Crippen LogP contribution in [0.25, 0.3) is 0 Å². The molecule has 1 N–H and O–H groups in total. The van der Waals surface area contributed by atoms with Gasteiger partial charge in [-0.25, -0.2) is 0 Å². The van der Waals surface area contributed by atoms with Crippen LogP contribution >= 0.6 is 0 Å². The normalized spacial score (nSPS) is 22.6. The van der Waals surface area contributed by atoms with E-state index in [-0.39, 0.29) is 18.4 Å². The lowest BCUT2D eigenvalue weighted by molar-refractivity contribution is -0.128. The SMILES string of the molecule is O=C1CN(C(=O)C2CCCO2)c2ccccc2N1. The van der Waals surface area contributed by atoms with Gasteiger partial charge in [-0.05, 0) is 25.0 Å². The Hall–Kier alpha value is -1.88. The van der Waals surface area contributed by atoms with Crippen LogP contribution in [0.2, 0.25) is 0 Å². The smallest absolute Gasteiger partial charge is 0.256 e. The van der Waals surface area contributed by atoms with Crippen molar-refractivity contribution in [1.29, 1.82) is 0 Å². The molecule has 0 radical (unpaired) electrons. The van der Waals surface area contributed by atoms with Gasteiger partial charge in [-0.1, -0.05) is 12.1 Å². The number of carbonyl (C=O) groups is 2. The van der Waals surface area contributed by atoms with Crippen molar-refractivity contribution in [3.8, 4) is 0 Å². The van der Waals surface area contributed by atoms with E-state index in [1.54, 1.807) is 6.07 Å². The number of nitrogens with one attached hydrogen (secondary N) is 1. The van der Waals surface area contributed by atoms with Gasteiger partial charge in [0.05, 0.1) is 11.4 Å². The molecule has 0 saturated carbocycles. The van der Waals surface area contributed by atoms with Crippen LogP contribution < -0.4 is 10.2 Å². The third-order valence-corrected chi connectivity index (χ3v) is 3.24. The molecule has 1 saturated heterocycles. The summed E-state index contributed by atoms with van der Waals surface area (Å²) in [5.41, 5.74) is 1.43. The molecule has 0 bridgehead atoms. The van der Waals surface area contributed by atoms with Gasteiger partial charge in [0, 0.05) is 6.61 Å². The number of fused-ring (bicyclic) bond motifs is 1. The van der Waals surface area contributed by atoms with Gasteiger partial charge in [-0.3, -0.25) is 14.5 Å². The molecular formula is C13H14N2O3. The molecule has 18 heavy (non-hydrogen) atoms. The number of carbonyl (C=O) groups excluding carboxylic acids is 2. The van der Waals surface area contributed by atoms with E-state index < -0.39 is 6.10 Å². The maximum absolute atomic E-state index is 12.3. The molecule has 2 amide bonds. The van der Waals surface area contributed by atoms with Crippen molar-refractivity contribution < 1.29 is 14.3 Å². The highest BCUT2D eigenvalue weighted by molar-refractivity contribution is 6.10. The highest BCUT2D eigenvalue weighted by Gasteiger charge is 2.33. The van der Waals surface area contributed by atoms with Gasteiger partial charge < -0.3 is 10.1 Å². The lowest BCUT2D eigenvalue weighted by atomic mass is 10.1. The van der Waals surface area contributed by atoms with Crippen molar-refractivity contribution in [3.63, 3.8) is 0 Å². The Morgan fingerprint density at radius 2 is 2.22 bits per heavy atom. The van der Waals surface area contributed by atoms with Crippen LogP contribution in [0.5, 0.6) is 0 Å². The number of amides is 2. The highest BCUT2D eigenvalue weighted by Crippen LogP contribution is 2.30. The van der Waals surface area contributed by atoms with Gasteiger partial charge >= 0.3 is 0 Å². The number of hydrogen-bond donors (Lipinski definition) is 1. The average molecular weight is 246 g/mol. The number of anilines is 2. The topological polar surface area (TPSA) is 58.6 Å². The summed E-state index contributed by atoms with van der Waals surface area (Å²) in [4.78, 5) is 25.5. The Kier molecular flexibility index (Phi) is 2.76. The summed E-state index contributed by atoms with van der Waals surface area (Å²) in [5, 5.41) is 2.76. The molecule has 1 aromatic carbocycles. The van der Waals surface area contributed by atoms with Gasteiger partial charge in [0.2, 0.25) is 5.91 Å². The quantitative estimate of drug-likeness (QED) is 0.808. The first-order valence-electron chi connectivity index (χ1n) is 6.07. The molecule has 5 nitrogen and oxygen atoms in total. The second-order valence-corrected chi connectivity index (χ2v) is 4.49. The fourth-order valence-corrected chi connectivity index (χ4v) is 2.38. The minimum Gasteiger partial charge on any atom is -0.368 e. The summed E-state index contributed by atoms with van der Waals surface area (Å²) in [6, 6.07) is 7.31. The van der Waals surface area contributed by atoms with Crippen LogP contribution in [0, 0.1) is 0 Å². The third kappa shape index (κ3) is 1.86. The molecule has 1 aromatic rings. The molecule has 0 aliphatic carbocycles. The summed E-state index contributed by atoms with van der Waals surface area (Å²) >= 11 is 0. The second kappa shape index (κ2) is 4.42. The van der Waals surface area contributed by atoms with E-state index in [1.165, 1.54) is 4.90 Å². The Bertz CT molecular complexity index is 495. The molecule has 1 unspecified atom stereocenters. The lowest BCUT2D eigenvalue weighted by Gasteiger charge is -2.30. The summed E-state index contributed by atoms with van der Waals surface area (Å²) in [6.07, 6.45) is 1.24. The maximum Gasteiger partial charge on any atom is 0.256 e. The van der Waals surface area contributed by atoms with Crippen LogP contribution in [-0.2, 0) is 14.3 Å². The summed E-state index contributed by atoms with van der Waals surface area (Å²) in [7, 11) is 0. The van der Waals surface area contributed by atoms with Crippen LogP contribution in [0.1, 0.15) is 12.8 Å². The molecular weight excluding hydrogens is 232 g/mol. The Balaban J connectivity index is 1.92. The van der Waals surface area contributed by atoms with Gasteiger partial charge in [0.15, 0.2) is 0 Å². The predicted octanol–water partition coefficient (Wildman–Crippen LogP) is 1.15. The molecule has 5 heteroatoms. The molecule has 1 fully saturated rings. The van der Waals surface area contributed by atoms with Crippen molar-refractivity contribution >= 4 is 23.2 Å². The van der Waals surface area contributed by atoms with Crippen molar-refractivity contribution in [2.24, 2.45) is 0 Å². The molecule has 2 aliphatic heterocycles. The Morgan fingerprint density at radius 3 is 3.00 bits per heavy atom. The van der Waals surface area contributed by atoms with Gasteiger partial charge in [-0.15, -0.1) is 0 Å². The first-order chi connectivity index (χ1) is 8.75. The van der Waals surface area contributed by atoms with Gasteiger partial charge in [0.1, 0.15) is 12.6 Å². The van der Waals surface area contributed by atoms with Crippen LogP contribution in [0.4, 0.5) is 11.4 Å². The minimum absolute atomic E-state index is 0.0652. The number of benzene rings is 1. The lowest BCUT2D eigenvalue weighted by Crippen LogP contribution is -2.46. The number of nitrogens with zero attached hydrogens (tertiary/aromatic N) is 1. The zero-order chi connectivity index (χ0) is 12.5. The first-order valence-corrected chi connectivity index (χ1v) is 6.07. The monoisotopic (exact) mass is 246 g/mol. The number of para-hydroxylation sites is 2. The van der Waals surface area contributed by atoms with Crippen molar-refractivity contribution in [2.75, 3.05) is 23.4 Å². The largest absolute Gasteiger partial charge is 0.368 e. The third-order valence-electron chi connectivity index (χ3n) is 3.24. The van der Waals surface area contributed by atoms with Crippen LogP contribution in [-0.4, -0.2) is 31.1 Å². The van der Waals surface area contributed by atoms with Gasteiger partial charge in [-0.2, -0.15) is 0 Å². The minimum atomic E-state index is -0.399. The zero-order valence-electron chi connectivity index (χ0n) is 9.89. The predicted molar refractivity (Wildman–Crippen MR) is 66.4 cm³/mol. The van der Waals surface area contributed by atoms with Crippen LogP contribution in [0.3, 0.4) is 0 Å². The molecule has 2 aliphatic rings. The number of ether oxygens (including phenoxy) is 1.